The van der Waals surface area contributed by atoms with Gasteiger partial charge in [-0.25, -0.2) is 9.36 Å². The maximum atomic E-state index is 12.2. The normalized spacial score (nSPS) is 14.4. The maximum absolute atomic E-state index is 12.2. The first kappa shape index (κ1) is 19.8. The van der Waals surface area contributed by atoms with E-state index in [0.717, 1.165) is 6.42 Å². The van der Waals surface area contributed by atoms with E-state index in [0.29, 0.717) is 49.2 Å². The van der Waals surface area contributed by atoms with Crippen molar-refractivity contribution >= 4 is 8.32 Å². The van der Waals surface area contributed by atoms with Crippen LogP contribution in [0.4, 0.5) is 0 Å². The van der Waals surface area contributed by atoms with Crippen LogP contribution in [0.25, 0.3) is 5.69 Å². The third kappa shape index (κ3) is 4.47. The zero-order valence-electron chi connectivity index (χ0n) is 16.8. The van der Waals surface area contributed by atoms with Crippen molar-refractivity contribution in [3.05, 3.63) is 40.7 Å². The fourth-order valence-electron chi connectivity index (χ4n) is 2.65. The highest BCUT2D eigenvalue weighted by Crippen LogP contribution is 2.36. The molecule has 0 amide bonds. The molecule has 1 aliphatic rings. The van der Waals surface area contributed by atoms with Gasteiger partial charge in [-0.3, -0.25) is 0 Å². The highest BCUT2D eigenvalue weighted by molar-refractivity contribution is 6.74. The number of ether oxygens (including phenoxy) is 2. The van der Waals surface area contributed by atoms with E-state index in [-0.39, 0.29) is 5.04 Å². The van der Waals surface area contributed by atoms with Crippen LogP contribution in [-0.2, 0) is 10.8 Å². The lowest BCUT2D eigenvalue weighted by Gasteiger charge is -2.36. The summed E-state index contributed by atoms with van der Waals surface area (Å²) in [5.74, 6) is 1.61. The molecule has 1 aliphatic heterocycles. The van der Waals surface area contributed by atoms with Crippen LogP contribution >= 0.6 is 0 Å². The van der Waals surface area contributed by atoms with Crippen LogP contribution in [0.1, 0.15) is 33.0 Å². The summed E-state index contributed by atoms with van der Waals surface area (Å²) in [7, 11) is -1.74. The number of oxazole rings is 1. The summed E-state index contributed by atoms with van der Waals surface area (Å²) >= 11 is 0. The van der Waals surface area contributed by atoms with E-state index in [1.54, 1.807) is 12.3 Å². The lowest BCUT2D eigenvalue weighted by Crippen LogP contribution is -2.41. The predicted molar refractivity (Wildman–Crippen MR) is 107 cm³/mol. The van der Waals surface area contributed by atoms with Gasteiger partial charge in [0.15, 0.2) is 19.8 Å². The monoisotopic (exact) mass is 391 g/mol. The molecule has 3 rings (SSSR count). The van der Waals surface area contributed by atoms with Crippen molar-refractivity contribution < 1.29 is 18.3 Å². The Morgan fingerprint density at radius 1 is 1.15 bits per heavy atom. The lowest BCUT2D eigenvalue weighted by atomic mass is 10.2. The molecule has 1 aromatic heterocycles. The SMILES string of the molecule is CC(C)(C)[Si](C)(C)OCCCc1cn(-c2ccc3c(c2)OCCO3)c(=O)o1. The summed E-state index contributed by atoms with van der Waals surface area (Å²) in [4.78, 5) is 12.2. The van der Waals surface area contributed by atoms with Crippen LogP contribution in [0.15, 0.2) is 33.6 Å². The Kier molecular flexibility index (Phi) is 5.53. The van der Waals surface area contributed by atoms with Crippen molar-refractivity contribution in [1.82, 2.24) is 4.57 Å². The molecule has 2 aromatic rings. The molecule has 0 bridgehead atoms. The zero-order chi connectivity index (χ0) is 19.7. The van der Waals surface area contributed by atoms with Gasteiger partial charge in [0.2, 0.25) is 0 Å². The van der Waals surface area contributed by atoms with Crippen LogP contribution in [0.2, 0.25) is 18.1 Å². The first-order chi connectivity index (χ1) is 12.7. The molecule has 0 N–H and O–H groups in total. The number of fused-ring (bicyclic) bond motifs is 1. The van der Waals surface area contributed by atoms with E-state index in [4.69, 9.17) is 18.3 Å². The molecule has 2 heterocycles. The highest BCUT2D eigenvalue weighted by atomic mass is 28.4. The smallest absolute Gasteiger partial charge is 0.423 e. The van der Waals surface area contributed by atoms with Gasteiger partial charge < -0.3 is 18.3 Å². The van der Waals surface area contributed by atoms with Crippen LogP contribution < -0.4 is 15.2 Å². The molecule has 148 valence electrons. The molecule has 0 radical (unpaired) electrons. The molecule has 0 unspecified atom stereocenters. The molecule has 7 heteroatoms. The molecule has 0 aliphatic carbocycles. The van der Waals surface area contributed by atoms with Crippen molar-refractivity contribution in [2.75, 3.05) is 19.8 Å². The summed E-state index contributed by atoms with van der Waals surface area (Å²) in [5, 5.41) is 0.196. The standard InChI is InChI=1S/C20H29NO5Si/c1-20(2,3)27(4,5)25-10-6-7-16-14-21(19(22)26-16)15-8-9-17-18(13-15)24-12-11-23-17/h8-9,13-14H,6-7,10-12H2,1-5H3. The van der Waals surface area contributed by atoms with Gasteiger partial charge in [0.25, 0.3) is 0 Å². The minimum atomic E-state index is -1.74. The first-order valence-electron chi connectivity index (χ1n) is 9.43. The average Bonchev–Trinajstić information content (AvgIpc) is 2.98. The third-order valence-corrected chi connectivity index (χ3v) is 9.87. The third-order valence-electron chi connectivity index (χ3n) is 5.33. The van der Waals surface area contributed by atoms with E-state index >= 15 is 0 Å². The van der Waals surface area contributed by atoms with Gasteiger partial charge in [-0.15, -0.1) is 0 Å². The number of hydrogen-bond acceptors (Lipinski definition) is 5. The molecular formula is C20H29NO5Si. The second kappa shape index (κ2) is 7.56. The quantitative estimate of drug-likeness (QED) is 0.547. The lowest BCUT2D eigenvalue weighted by molar-refractivity contribution is 0.171. The fourth-order valence-corrected chi connectivity index (χ4v) is 3.74. The van der Waals surface area contributed by atoms with Crippen molar-refractivity contribution in [3.63, 3.8) is 0 Å². The highest BCUT2D eigenvalue weighted by Gasteiger charge is 2.36. The van der Waals surface area contributed by atoms with Crippen molar-refractivity contribution in [1.29, 1.82) is 0 Å². The number of aromatic nitrogens is 1. The minimum absolute atomic E-state index is 0.196. The van der Waals surface area contributed by atoms with Gasteiger partial charge in [-0.2, -0.15) is 0 Å². The molecule has 6 nitrogen and oxygen atoms in total. The van der Waals surface area contributed by atoms with Gasteiger partial charge in [-0.05, 0) is 36.7 Å². The molecule has 0 atom stereocenters. The summed E-state index contributed by atoms with van der Waals surface area (Å²) in [5.41, 5.74) is 0.705. The second-order valence-corrected chi connectivity index (χ2v) is 13.2. The summed E-state index contributed by atoms with van der Waals surface area (Å²) in [6.07, 6.45) is 3.24. The Morgan fingerprint density at radius 2 is 1.85 bits per heavy atom. The van der Waals surface area contributed by atoms with Crippen molar-refractivity contribution in [2.24, 2.45) is 0 Å². The summed E-state index contributed by atoms with van der Waals surface area (Å²) in [6.45, 7) is 12.9. The Morgan fingerprint density at radius 3 is 2.56 bits per heavy atom. The minimum Gasteiger partial charge on any atom is -0.486 e. The Bertz CT molecular complexity index is 847. The first-order valence-corrected chi connectivity index (χ1v) is 12.3. The maximum Gasteiger partial charge on any atom is 0.423 e. The van der Waals surface area contributed by atoms with Crippen molar-refractivity contribution in [2.45, 2.75) is 51.7 Å². The van der Waals surface area contributed by atoms with Crippen molar-refractivity contribution in [3.8, 4) is 17.2 Å². The van der Waals surface area contributed by atoms with Crippen LogP contribution in [0, 0.1) is 0 Å². The van der Waals surface area contributed by atoms with E-state index in [1.807, 2.05) is 12.1 Å². The van der Waals surface area contributed by atoms with E-state index in [1.165, 1.54) is 4.57 Å². The topological polar surface area (TPSA) is 62.8 Å². The van der Waals surface area contributed by atoms with Gasteiger partial charge >= 0.3 is 5.76 Å². The average molecular weight is 392 g/mol. The number of hydrogen-bond donors (Lipinski definition) is 0. The number of rotatable bonds is 6. The number of nitrogens with zero attached hydrogens (tertiary/aromatic N) is 1. The fraction of sp³-hybridized carbons (Fsp3) is 0.550. The van der Waals surface area contributed by atoms with E-state index in [2.05, 4.69) is 33.9 Å². The zero-order valence-corrected chi connectivity index (χ0v) is 17.8. The molecule has 27 heavy (non-hydrogen) atoms. The number of benzene rings is 1. The Labute approximate surface area is 161 Å². The van der Waals surface area contributed by atoms with Gasteiger partial charge in [0.05, 0.1) is 11.9 Å². The number of aryl methyl sites for hydroxylation is 1. The Hall–Kier alpha value is -1.99. The largest absolute Gasteiger partial charge is 0.486 e. The second-order valence-electron chi connectivity index (χ2n) is 8.37. The Balaban J connectivity index is 1.63. The van der Waals surface area contributed by atoms with E-state index < -0.39 is 14.1 Å². The van der Waals surface area contributed by atoms with Crippen LogP contribution in [0.3, 0.4) is 0 Å². The molecule has 0 fully saturated rings. The predicted octanol–water partition coefficient (Wildman–Crippen LogP) is 4.16. The van der Waals surface area contributed by atoms with E-state index in [9.17, 15) is 4.79 Å². The van der Waals surface area contributed by atoms with Gasteiger partial charge in [-0.1, -0.05) is 20.8 Å². The summed E-state index contributed by atoms with van der Waals surface area (Å²) < 4.78 is 24.2. The van der Waals surface area contributed by atoms with Crippen LogP contribution in [0.5, 0.6) is 11.5 Å². The molecule has 0 saturated heterocycles. The van der Waals surface area contributed by atoms with Crippen LogP contribution in [-0.4, -0.2) is 32.7 Å². The van der Waals surface area contributed by atoms with Gasteiger partial charge in [0, 0.05) is 19.1 Å². The molecule has 0 spiro atoms. The van der Waals surface area contributed by atoms with Gasteiger partial charge in [0.1, 0.15) is 19.0 Å². The molecule has 1 aromatic carbocycles. The summed E-state index contributed by atoms with van der Waals surface area (Å²) in [6, 6.07) is 5.44. The molecular weight excluding hydrogens is 362 g/mol. The molecule has 0 saturated carbocycles.